The van der Waals surface area contributed by atoms with Crippen LogP contribution in [0, 0.1) is 6.92 Å². The van der Waals surface area contributed by atoms with Crippen molar-refractivity contribution in [1.82, 2.24) is 9.55 Å². The van der Waals surface area contributed by atoms with E-state index in [0.29, 0.717) is 0 Å². The van der Waals surface area contributed by atoms with Crippen molar-refractivity contribution in [1.29, 1.82) is 0 Å². The Kier molecular flexibility index (Phi) is 3.95. The van der Waals surface area contributed by atoms with Gasteiger partial charge in [0.1, 0.15) is 5.82 Å². The molecular formula is C7H12N2O2. The molecule has 0 aliphatic carbocycles. The van der Waals surface area contributed by atoms with Crippen molar-refractivity contribution in [3.63, 3.8) is 0 Å². The van der Waals surface area contributed by atoms with Gasteiger partial charge in [0.2, 0.25) is 0 Å². The van der Waals surface area contributed by atoms with E-state index in [1.807, 2.05) is 24.7 Å². The maximum Gasteiger partial charge on any atom is 0.300 e. The summed E-state index contributed by atoms with van der Waals surface area (Å²) in [6.45, 7) is 3.06. The second-order valence-corrected chi connectivity index (χ2v) is 2.10. The highest BCUT2D eigenvalue weighted by atomic mass is 16.4. The van der Waals surface area contributed by atoms with Gasteiger partial charge in [0.05, 0.1) is 0 Å². The second-order valence-electron chi connectivity index (χ2n) is 2.10. The Balaban J connectivity index is 0.000000218. The van der Waals surface area contributed by atoms with Crippen LogP contribution in [0.4, 0.5) is 0 Å². The molecule has 0 unspecified atom stereocenters. The van der Waals surface area contributed by atoms with E-state index in [2.05, 4.69) is 4.98 Å². The quantitative estimate of drug-likeness (QED) is 0.605. The molecule has 0 atom stereocenters. The van der Waals surface area contributed by atoms with Crippen LogP contribution in [0.15, 0.2) is 12.4 Å². The van der Waals surface area contributed by atoms with Crippen LogP contribution in [0.25, 0.3) is 0 Å². The summed E-state index contributed by atoms with van der Waals surface area (Å²) in [4.78, 5) is 13.0. The van der Waals surface area contributed by atoms with Crippen molar-refractivity contribution >= 4 is 5.97 Å². The molecule has 0 amide bonds. The van der Waals surface area contributed by atoms with Crippen LogP contribution in [0.3, 0.4) is 0 Å². The van der Waals surface area contributed by atoms with Crippen molar-refractivity contribution < 1.29 is 9.90 Å². The molecule has 4 nitrogen and oxygen atoms in total. The van der Waals surface area contributed by atoms with E-state index in [1.54, 1.807) is 6.20 Å². The molecule has 0 fully saturated rings. The lowest BCUT2D eigenvalue weighted by Gasteiger charge is -1.87. The van der Waals surface area contributed by atoms with E-state index < -0.39 is 5.97 Å². The Morgan fingerprint density at radius 3 is 2.27 bits per heavy atom. The van der Waals surface area contributed by atoms with Crippen molar-refractivity contribution in [2.45, 2.75) is 13.8 Å². The monoisotopic (exact) mass is 156 g/mol. The fourth-order valence-electron chi connectivity index (χ4n) is 0.440. The van der Waals surface area contributed by atoms with Crippen molar-refractivity contribution in [3.05, 3.63) is 18.2 Å². The van der Waals surface area contributed by atoms with Gasteiger partial charge in [-0.2, -0.15) is 0 Å². The number of hydrogen-bond donors (Lipinski definition) is 1. The van der Waals surface area contributed by atoms with Crippen LogP contribution in [-0.4, -0.2) is 20.6 Å². The number of carboxylic acids is 1. The number of aryl methyl sites for hydroxylation is 2. The first-order valence-corrected chi connectivity index (χ1v) is 3.17. The SMILES string of the molecule is CC(=O)O.Cc1nccn1C. The smallest absolute Gasteiger partial charge is 0.300 e. The number of aliphatic carboxylic acids is 1. The predicted molar refractivity (Wildman–Crippen MR) is 41.3 cm³/mol. The Morgan fingerprint density at radius 1 is 1.73 bits per heavy atom. The molecule has 0 aromatic carbocycles. The Hall–Kier alpha value is -1.32. The number of carbonyl (C=O) groups is 1. The zero-order valence-corrected chi connectivity index (χ0v) is 6.90. The Bertz CT molecular complexity index is 210. The molecule has 0 saturated carbocycles. The topological polar surface area (TPSA) is 55.1 Å². The summed E-state index contributed by atoms with van der Waals surface area (Å²) in [5.74, 6) is 0.222. The van der Waals surface area contributed by atoms with Gasteiger partial charge in [0.25, 0.3) is 5.97 Å². The third-order valence-corrected chi connectivity index (χ3v) is 1.06. The molecule has 1 rings (SSSR count). The van der Waals surface area contributed by atoms with Crippen LogP contribution in [0.5, 0.6) is 0 Å². The Morgan fingerprint density at radius 2 is 2.18 bits per heavy atom. The maximum absolute atomic E-state index is 9.00. The van der Waals surface area contributed by atoms with Crippen LogP contribution in [-0.2, 0) is 11.8 Å². The van der Waals surface area contributed by atoms with Crippen molar-refractivity contribution in [3.8, 4) is 0 Å². The van der Waals surface area contributed by atoms with Crippen LogP contribution in [0.2, 0.25) is 0 Å². The highest BCUT2D eigenvalue weighted by molar-refractivity contribution is 5.62. The molecule has 1 aromatic rings. The lowest BCUT2D eigenvalue weighted by atomic mass is 10.7. The van der Waals surface area contributed by atoms with E-state index >= 15 is 0 Å². The first-order chi connectivity index (χ1) is 5.04. The number of carboxylic acid groups (broad SMARTS) is 1. The highest BCUT2D eigenvalue weighted by Gasteiger charge is 1.83. The van der Waals surface area contributed by atoms with E-state index in [4.69, 9.17) is 9.90 Å². The molecule has 62 valence electrons. The molecule has 11 heavy (non-hydrogen) atoms. The van der Waals surface area contributed by atoms with Gasteiger partial charge < -0.3 is 9.67 Å². The molecule has 0 radical (unpaired) electrons. The molecule has 0 aliphatic heterocycles. The summed E-state index contributed by atoms with van der Waals surface area (Å²) < 4.78 is 1.97. The molecule has 0 spiro atoms. The molecule has 4 heteroatoms. The molecule has 0 aliphatic rings. The summed E-state index contributed by atoms with van der Waals surface area (Å²) in [6.07, 6.45) is 3.71. The van der Waals surface area contributed by atoms with Gasteiger partial charge in [0.15, 0.2) is 0 Å². The zero-order valence-electron chi connectivity index (χ0n) is 6.90. The molecule has 1 heterocycles. The lowest BCUT2D eigenvalue weighted by Crippen LogP contribution is -1.86. The predicted octanol–water partition coefficient (Wildman–Crippen LogP) is 0.819. The van der Waals surface area contributed by atoms with Crippen LogP contribution in [0.1, 0.15) is 12.7 Å². The first-order valence-electron chi connectivity index (χ1n) is 3.17. The van der Waals surface area contributed by atoms with E-state index in [1.165, 1.54) is 0 Å². The fourth-order valence-corrected chi connectivity index (χ4v) is 0.440. The minimum absolute atomic E-state index is 0.833. The van der Waals surface area contributed by atoms with Crippen LogP contribution >= 0.6 is 0 Å². The van der Waals surface area contributed by atoms with Crippen molar-refractivity contribution in [2.75, 3.05) is 0 Å². The number of nitrogens with zero attached hydrogens (tertiary/aromatic N) is 2. The summed E-state index contributed by atoms with van der Waals surface area (Å²) >= 11 is 0. The van der Waals surface area contributed by atoms with Gasteiger partial charge in [-0.25, -0.2) is 4.98 Å². The largest absolute Gasteiger partial charge is 0.481 e. The number of rotatable bonds is 0. The first kappa shape index (κ1) is 9.68. The third kappa shape index (κ3) is 5.14. The van der Waals surface area contributed by atoms with E-state index in [0.717, 1.165) is 12.7 Å². The zero-order chi connectivity index (χ0) is 8.85. The Labute approximate surface area is 65.5 Å². The summed E-state index contributed by atoms with van der Waals surface area (Å²) in [6, 6.07) is 0. The van der Waals surface area contributed by atoms with Gasteiger partial charge in [0, 0.05) is 26.4 Å². The van der Waals surface area contributed by atoms with Crippen LogP contribution < -0.4 is 0 Å². The van der Waals surface area contributed by atoms with Crippen molar-refractivity contribution in [2.24, 2.45) is 7.05 Å². The van der Waals surface area contributed by atoms with Gasteiger partial charge in [-0.05, 0) is 6.92 Å². The minimum atomic E-state index is -0.833. The summed E-state index contributed by atoms with van der Waals surface area (Å²) in [5.41, 5.74) is 0. The highest BCUT2D eigenvalue weighted by Crippen LogP contribution is 1.86. The van der Waals surface area contributed by atoms with E-state index in [-0.39, 0.29) is 0 Å². The number of aromatic nitrogens is 2. The normalized spacial score (nSPS) is 8.27. The molecule has 1 N–H and O–H groups in total. The third-order valence-electron chi connectivity index (χ3n) is 1.06. The van der Waals surface area contributed by atoms with E-state index in [9.17, 15) is 0 Å². The number of imidazole rings is 1. The van der Waals surface area contributed by atoms with Gasteiger partial charge in [-0.3, -0.25) is 4.79 Å². The minimum Gasteiger partial charge on any atom is -0.481 e. The standard InChI is InChI=1S/C5H8N2.C2H4O2/c1-5-6-3-4-7(5)2;1-2(3)4/h3-4H,1-2H3;1H3,(H,3,4). The average molecular weight is 156 g/mol. The molecule has 0 bridgehead atoms. The summed E-state index contributed by atoms with van der Waals surface area (Å²) in [7, 11) is 1.97. The lowest BCUT2D eigenvalue weighted by molar-refractivity contribution is -0.134. The second kappa shape index (κ2) is 4.49. The molecule has 1 aromatic heterocycles. The molecular weight excluding hydrogens is 144 g/mol. The summed E-state index contributed by atoms with van der Waals surface area (Å²) in [5, 5.41) is 7.42. The van der Waals surface area contributed by atoms with Gasteiger partial charge in [-0.15, -0.1) is 0 Å². The average Bonchev–Trinajstić information content (AvgIpc) is 2.15. The fraction of sp³-hybridized carbons (Fsp3) is 0.429. The molecule has 0 saturated heterocycles. The maximum atomic E-state index is 9.00. The van der Waals surface area contributed by atoms with Gasteiger partial charge >= 0.3 is 0 Å². The van der Waals surface area contributed by atoms with Gasteiger partial charge in [-0.1, -0.05) is 0 Å². The number of hydrogen-bond acceptors (Lipinski definition) is 2.